The molecule has 1 aliphatic heterocycles. The van der Waals surface area contributed by atoms with Gasteiger partial charge in [0.2, 0.25) is 5.78 Å². The number of Topliss-reactive ketones (excluding diaryl/α,β-unsaturated/α-hetero) is 1. The zero-order valence-corrected chi connectivity index (χ0v) is 14.4. The van der Waals surface area contributed by atoms with Gasteiger partial charge in [0.25, 0.3) is 0 Å². The third-order valence-corrected chi connectivity index (χ3v) is 3.84. The third kappa shape index (κ3) is 3.51. The number of carbonyl (C=O) groups is 2. The van der Waals surface area contributed by atoms with Crippen LogP contribution in [0.2, 0.25) is 0 Å². The van der Waals surface area contributed by atoms with E-state index in [2.05, 4.69) is 5.16 Å². The smallest absolute Gasteiger partial charge is 0.360 e. The average Bonchev–Trinajstić information content (AvgIpc) is 3.04. The summed E-state index contributed by atoms with van der Waals surface area (Å²) >= 11 is 0. The van der Waals surface area contributed by atoms with Gasteiger partial charge in [0.1, 0.15) is 25.2 Å². The van der Waals surface area contributed by atoms with Crippen molar-refractivity contribution in [3.05, 3.63) is 59.2 Å². The quantitative estimate of drug-likeness (QED) is 0.449. The van der Waals surface area contributed by atoms with Gasteiger partial charge in [0.05, 0.1) is 12.7 Å². The van der Waals surface area contributed by atoms with Crippen molar-refractivity contribution in [3.63, 3.8) is 0 Å². The molecule has 0 amide bonds. The van der Waals surface area contributed by atoms with E-state index >= 15 is 0 Å². The van der Waals surface area contributed by atoms with Gasteiger partial charge < -0.3 is 19.0 Å². The lowest BCUT2D eigenvalue weighted by Gasteiger charge is -2.12. The first-order valence-corrected chi connectivity index (χ1v) is 7.84. The highest BCUT2D eigenvalue weighted by Gasteiger charge is 2.22. The normalized spacial score (nSPS) is 13.0. The van der Waals surface area contributed by atoms with E-state index in [-0.39, 0.29) is 24.7 Å². The number of carbonyl (C=O) groups excluding carboxylic acids is 2. The largest absolute Gasteiger partial charge is 0.489 e. The molecule has 0 radical (unpaired) electrons. The lowest BCUT2D eigenvalue weighted by Crippen LogP contribution is -2.19. The van der Waals surface area contributed by atoms with Crippen molar-refractivity contribution < 1.29 is 28.6 Å². The molecule has 0 atom stereocenters. The lowest BCUT2D eigenvalue weighted by atomic mass is 10.0. The second kappa shape index (κ2) is 7.69. The van der Waals surface area contributed by atoms with E-state index in [4.69, 9.17) is 19.0 Å². The van der Waals surface area contributed by atoms with Crippen molar-refractivity contribution in [2.45, 2.75) is 6.61 Å². The highest BCUT2D eigenvalue weighted by Crippen LogP contribution is 2.30. The van der Waals surface area contributed by atoms with Crippen LogP contribution < -0.4 is 9.47 Å². The maximum atomic E-state index is 12.0. The Kier molecular flexibility index (Phi) is 5.17. The van der Waals surface area contributed by atoms with Gasteiger partial charge in [-0.1, -0.05) is 29.4 Å². The fraction of sp³-hybridized carbons (Fsp3) is 0.211. The number of esters is 1. The molecule has 0 aliphatic carbocycles. The number of fused-ring (bicyclic) bond motifs is 1. The Balaban J connectivity index is 1.82. The Hall–Kier alpha value is -3.35. The van der Waals surface area contributed by atoms with E-state index < -0.39 is 5.97 Å². The molecule has 134 valence electrons. The Morgan fingerprint density at radius 3 is 2.77 bits per heavy atom. The first-order valence-electron chi connectivity index (χ1n) is 7.84. The van der Waals surface area contributed by atoms with Crippen LogP contribution in [0.5, 0.6) is 11.5 Å². The zero-order valence-electron chi connectivity index (χ0n) is 14.4. The van der Waals surface area contributed by atoms with Crippen LogP contribution in [-0.4, -0.2) is 38.3 Å². The minimum atomic E-state index is -0.608. The highest BCUT2D eigenvalue weighted by molar-refractivity contribution is 6.43. The molecule has 0 saturated carbocycles. The Bertz CT molecular complexity index is 874. The van der Waals surface area contributed by atoms with Crippen molar-refractivity contribution >= 4 is 17.5 Å². The predicted octanol–water partition coefficient (Wildman–Crippen LogP) is 2.36. The molecule has 7 heteroatoms. The summed E-state index contributed by atoms with van der Waals surface area (Å²) in [7, 11) is 2.63. The predicted molar refractivity (Wildman–Crippen MR) is 92.6 cm³/mol. The maximum absolute atomic E-state index is 12.0. The summed E-state index contributed by atoms with van der Waals surface area (Å²) in [5, 5.41) is 3.77. The average molecular weight is 355 g/mol. The van der Waals surface area contributed by atoms with Crippen LogP contribution >= 0.6 is 0 Å². The molecular weight excluding hydrogens is 338 g/mol. The number of nitrogens with zero attached hydrogens (tertiary/aromatic N) is 1. The molecule has 0 N–H and O–H groups in total. The van der Waals surface area contributed by atoms with Gasteiger partial charge in [-0.05, 0) is 17.7 Å². The standard InChI is InChI=1S/C19H17NO6/c1-23-19(22)18(20-24-2)14-6-4-3-5-12(14)10-25-13-7-8-15-16(21)11-26-17(15)9-13/h3-9H,10-11H2,1-2H3/b20-18+. The molecule has 2 aromatic rings. The van der Waals surface area contributed by atoms with Crippen LogP contribution in [0, 0.1) is 0 Å². The number of ether oxygens (including phenoxy) is 3. The van der Waals surface area contributed by atoms with Gasteiger partial charge in [-0.15, -0.1) is 0 Å². The van der Waals surface area contributed by atoms with E-state index in [1.165, 1.54) is 14.2 Å². The summed E-state index contributed by atoms with van der Waals surface area (Å²) in [5.41, 5.74) is 1.88. The summed E-state index contributed by atoms with van der Waals surface area (Å²) in [6.07, 6.45) is 0. The van der Waals surface area contributed by atoms with Gasteiger partial charge in [0, 0.05) is 11.6 Å². The SMILES string of the molecule is CO/N=C(/C(=O)OC)c1ccccc1COc1ccc2c(c1)OCC2=O. The van der Waals surface area contributed by atoms with E-state index in [1.807, 2.05) is 12.1 Å². The van der Waals surface area contributed by atoms with Crippen molar-refractivity contribution in [2.75, 3.05) is 20.8 Å². The number of ketones is 1. The van der Waals surface area contributed by atoms with Gasteiger partial charge in [-0.25, -0.2) is 4.79 Å². The molecule has 1 heterocycles. The molecule has 26 heavy (non-hydrogen) atoms. The number of methoxy groups -OCH3 is 1. The van der Waals surface area contributed by atoms with Gasteiger partial charge in [0.15, 0.2) is 12.3 Å². The summed E-state index contributed by atoms with van der Waals surface area (Å²) in [6, 6.07) is 12.2. The maximum Gasteiger partial charge on any atom is 0.360 e. The molecule has 0 saturated heterocycles. The molecule has 7 nitrogen and oxygen atoms in total. The summed E-state index contributed by atoms with van der Waals surface area (Å²) in [6.45, 7) is 0.236. The second-order valence-electron chi connectivity index (χ2n) is 5.43. The van der Waals surface area contributed by atoms with E-state index in [0.29, 0.717) is 22.6 Å². The molecule has 2 aromatic carbocycles. The minimum absolute atomic E-state index is 0.0459. The first kappa shape index (κ1) is 17.5. The first-order chi connectivity index (χ1) is 12.6. The monoisotopic (exact) mass is 355 g/mol. The van der Waals surface area contributed by atoms with Crippen molar-refractivity contribution in [2.24, 2.45) is 5.16 Å². The number of oxime groups is 1. The number of rotatable bonds is 6. The molecule has 0 spiro atoms. The Labute approximate surface area is 150 Å². The fourth-order valence-electron chi connectivity index (χ4n) is 2.59. The molecule has 0 bridgehead atoms. The molecule has 3 rings (SSSR count). The van der Waals surface area contributed by atoms with Crippen LogP contribution in [0.1, 0.15) is 21.5 Å². The van der Waals surface area contributed by atoms with Crippen molar-refractivity contribution in [3.8, 4) is 11.5 Å². The van der Waals surface area contributed by atoms with E-state index in [1.54, 1.807) is 30.3 Å². The van der Waals surface area contributed by atoms with E-state index in [9.17, 15) is 9.59 Å². The van der Waals surface area contributed by atoms with E-state index in [0.717, 1.165) is 5.56 Å². The number of benzene rings is 2. The van der Waals surface area contributed by atoms with Crippen LogP contribution in [0.4, 0.5) is 0 Å². The van der Waals surface area contributed by atoms with Gasteiger partial charge in [-0.3, -0.25) is 4.79 Å². The number of hydrogen-bond acceptors (Lipinski definition) is 7. The molecule has 1 aliphatic rings. The number of hydrogen-bond donors (Lipinski definition) is 0. The second-order valence-corrected chi connectivity index (χ2v) is 5.43. The van der Waals surface area contributed by atoms with Crippen molar-refractivity contribution in [1.82, 2.24) is 0 Å². The summed E-state index contributed by atoms with van der Waals surface area (Å²) in [4.78, 5) is 28.3. The summed E-state index contributed by atoms with van der Waals surface area (Å²) < 4.78 is 15.9. The third-order valence-electron chi connectivity index (χ3n) is 3.84. The van der Waals surface area contributed by atoms with Crippen LogP contribution in [-0.2, 0) is 21.0 Å². The molecule has 0 aromatic heterocycles. The molecule has 0 unspecified atom stereocenters. The Morgan fingerprint density at radius 1 is 1.19 bits per heavy atom. The molecular formula is C19H17NO6. The van der Waals surface area contributed by atoms with Crippen LogP contribution in [0.25, 0.3) is 0 Å². The minimum Gasteiger partial charge on any atom is -0.489 e. The molecule has 0 fully saturated rings. The lowest BCUT2D eigenvalue weighted by molar-refractivity contribution is -0.132. The fourth-order valence-corrected chi connectivity index (χ4v) is 2.59. The van der Waals surface area contributed by atoms with Crippen molar-refractivity contribution in [1.29, 1.82) is 0 Å². The summed E-state index contributed by atoms with van der Waals surface area (Å²) in [5.74, 6) is 0.410. The van der Waals surface area contributed by atoms with Crippen LogP contribution in [0.3, 0.4) is 0 Å². The highest BCUT2D eigenvalue weighted by atomic mass is 16.6. The van der Waals surface area contributed by atoms with Gasteiger partial charge >= 0.3 is 5.97 Å². The zero-order chi connectivity index (χ0) is 18.5. The Morgan fingerprint density at radius 2 is 2.00 bits per heavy atom. The van der Waals surface area contributed by atoms with Crippen LogP contribution in [0.15, 0.2) is 47.6 Å². The topological polar surface area (TPSA) is 83.4 Å². The van der Waals surface area contributed by atoms with Gasteiger partial charge in [-0.2, -0.15) is 0 Å².